The molecule has 1 aromatic heterocycles. The van der Waals surface area contributed by atoms with Gasteiger partial charge in [0, 0.05) is 18.2 Å². The van der Waals surface area contributed by atoms with Crippen LogP contribution in [0.3, 0.4) is 0 Å². The Kier molecular flexibility index (Phi) is 4.47. The number of para-hydroxylation sites is 1. The molecular formula is C18H25N5O. The minimum Gasteiger partial charge on any atom is -0.508 e. The Bertz CT molecular complexity index is 676. The van der Waals surface area contributed by atoms with Crippen LogP contribution < -0.4 is 0 Å². The summed E-state index contributed by atoms with van der Waals surface area (Å²) < 4.78 is 2.00. The van der Waals surface area contributed by atoms with Gasteiger partial charge in [-0.15, -0.1) is 5.10 Å². The molecule has 2 aliphatic rings. The van der Waals surface area contributed by atoms with Gasteiger partial charge < -0.3 is 5.11 Å². The number of phenols is 1. The zero-order valence-corrected chi connectivity index (χ0v) is 14.0. The predicted molar refractivity (Wildman–Crippen MR) is 90.3 cm³/mol. The molecule has 0 amide bonds. The van der Waals surface area contributed by atoms with Crippen LogP contribution in [0.15, 0.2) is 24.3 Å². The lowest BCUT2D eigenvalue weighted by atomic mass is 9.93. The fourth-order valence-corrected chi connectivity index (χ4v) is 3.72. The van der Waals surface area contributed by atoms with E-state index in [-0.39, 0.29) is 0 Å². The zero-order chi connectivity index (χ0) is 16.4. The molecule has 2 fully saturated rings. The van der Waals surface area contributed by atoms with E-state index in [4.69, 9.17) is 0 Å². The van der Waals surface area contributed by atoms with Gasteiger partial charge in [-0.05, 0) is 42.2 Å². The number of aromatic nitrogens is 4. The highest BCUT2D eigenvalue weighted by molar-refractivity contribution is 5.31. The van der Waals surface area contributed by atoms with E-state index in [1.165, 1.54) is 44.9 Å². The quantitative estimate of drug-likeness (QED) is 0.883. The van der Waals surface area contributed by atoms with Crippen LogP contribution in [0, 0.1) is 0 Å². The van der Waals surface area contributed by atoms with Gasteiger partial charge >= 0.3 is 0 Å². The van der Waals surface area contributed by atoms with Gasteiger partial charge in [0.25, 0.3) is 0 Å². The fourth-order valence-electron chi connectivity index (χ4n) is 3.72. The molecule has 128 valence electrons. The van der Waals surface area contributed by atoms with Gasteiger partial charge in [0.05, 0.1) is 12.6 Å². The normalized spacial score (nSPS) is 19.0. The van der Waals surface area contributed by atoms with Crippen LogP contribution in [-0.4, -0.2) is 36.3 Å². The Morgan fingerprint density at radius 3 is 2.58 bits per heavy atom. The van der Waals surface area contributed by atoms with E-state index in [0.29, 0.717) is 17.8 Å². The van der Waals surface area contributed by atoms with Crippen LogP contribution >= 0.6 is 0 Å². The number of rotatable bonds is 6. The molecule has 0 aliphatic heterocycles. The molecule has 2 saturated carbocycles. The van der Waals surface area contributed by atoms with Gasteiger partial charge in [-0.25, -0.2) is 4.68 Å². The van der Waals surface area contributed by atoms with Gasteiger partial charge in [0.15, 0.2) is 5.82 Å². The van der Waals surface area contributed by atoms with Crippen molar-refractivity contribution in [3.05, 3.63) is 35.7 Å². The highest BCUT2D eigenvalue weighted by Gasteiger charge is 2.30. The van der Waals surface area contributed by atoms with Crippen LogP contribution in [-0.2, 0) is 13.1 Å². The summed E-state index contributed by atoms with van der Waals surface area (Å²) in [7, 11) is 0. The van der Waals surface area contributed by atoms with Crippen molar-refractivity contribution >= 4 is 0 Å². The van der Waals surface area contributed by atoms with E-state index >= 15 is 0 Å². The molecule has 6 heteroatoms. The van der Waals surface area contributed by atoms with E-state index in [1.807, 2.05) is 22.9 Å². The van der Waals surface area contributed by atoms with Crippen LogP contribution in [0.1, 0.15) is 62.4 Å². The minimum atomic E-state index is 0.375. The lowest BCUT2D eigenvalue weighted by Crippen LogP contribution is -2.36. The van der Waals surface area contributed by atoms with E-state index in [2.05, 4.69) is 20.4 Å². The lowest BCUT2D eigenvalue weighted by Gasteiger charge is -2.34. The van der Waals surface area contributed by atoms with Crippen molar-refractivity contribution in [2.75, 3.05) is 0 Å². The van der Waals surface area contributed by atoms with Crippen LogP contribution in [0.25, 0.3) is 0 Å². The summed E-state index contributed by atoms with van der Waals surface area (Å²) in [5, 5.41) is 22.5. The van der Waals surface area contributed by atoms with E-state index in [1.54, 1.807) is 6.07 Å². The van der Waals surface area contributed by atoms with Gasteiger partial charge in [-0.2, -0.15) is 0 Å². The number of hydrogen-bond acceptors (Lipinski definition) is 5. The third-order valence-electron chi connectivity index (χ3n) is 5.25. The number of hydrogen-bond donors (Lipinski definition) is 1. The third-order valence-corrected chi connectivity index (χ3v) is 5.25. The Morgan fingerprint density at radius 1 is 1.04 bits per heavy atom. The molecule has 1 aromatic carbocycles. The molecule has 2 aliphatic carbocycles. The molecular weight excluding hydrogens is 302 g/mol. The Labute approximate surface area is 142 Å². The van der Waals surface area contributed by atoms with Gasteiger partial charge in [0.1, 0.15) is 5.75 Å². The van der Waals surface area contributed by atoms with E-state index in [9.17, 15) is 5.11 Å². The maximum Gasteiger partial charge on any atom is 0.165 e. The Balaban J connectivity index is 1.55. The largest absolute Gasteiger partial charge is 0.508 e. The summed E-state index contributed by atoms with van der Waals surface area (Å²) >= 11 is 0. The zero-order valence-electron chi connectivity index (χ0n) is 14.0. The first-order valence-corrected chi connectivity index (χ1v) is 9.09. The summed E-state index contributed by atoms with van der Waals surface area (Å²) in [5.41, 5.74) is 0.980. The molecule has 24 heavy (non-hydrogen) atoms. The first-order valence-electron chi connectivity index (χ1n) is 9.09. The maximum absolute atomic E-state index is 10.2. The molecule has 0 unspecified atom stereocenters. The van der Waals surface area contributed by atoms with E-state index < -0.39 is 0 Å². The smallest absolute Gasteiger partial charge is 0.165 e. The van der Waals surface area contributed by atoms with Crippen LogP contribution in [0.2, 0.25) is 0 Å². The molecule has 0 saturated heterocycles. The highest BCUT2D eigenvalue weighted by atomic mass is 16.3. The molecule has 2 aromatic rings. The fraction of sp³-hybridized carbons (Fsp3) is 0.611. The number of tetrazole rings is 1. The average molecular weight is 327 g/mol. The summed E-state index contributed by atoms with van der Waals surface area (Å²) in [6.45, 7) is 1.50. The van der Waals surface area contributed by atoms with Crippen LogP contribution in [0.5, 0.6) is 5.75 Å². The molecule has 0 atom stereocenters. The van der Waals surface area contributed by atoms with Crippen molar-refractivity contribution in [1.82, 2.24) is 25.1 Å². The number of aromatic hydroxyl groups is 1. The molecule has 0 bridgehead atoms. The second-order valence-electron chi connectivity index (χ2n) is 7.10. The SMILES string of the molecule is Oc1ccccc1CN(Cc1nnnn1C1CC1)C1CCCCC1. The Morgan fingerprint density at radius 2 is 1.83 bits per heavy atom. The molecule has 0 radical (unpaired) electrons. The molecule has 1 heterocycles. The monoisotopic (exact) mass is 327 g/mol. The van der Waals surface area contributed by atoms with Gasteiger partial charge in [-0.1, -0.05) is 37.5 Å². The first kappa shape index (κ1) is 15.6. The second-order valence-corrected chi connectivity index (χ2v) is 7.10. The molecule has 0 spiro atoms. The third kappa shape index (κ3) is 3.43. The minimum absolute atomic E-state index is 0.375. The van der Waals surface area contributed by atoms with Crippen LogP contribution in [0.4, 0.5) is 0 Å². The molecule has 4 rings (SSSR count). The highest BCUT2D eigenvalue weighted by Crippen LogP contribution is 2.35. The standard InChI is InChI=1S/C18H25N5O/c24-17-9-5-4-6-14(17)12-22(15-7-2-1-3-8-15)13-18-19-20-21-23(18)16-10-11-16/h4-6,9,15-16,24H,1-3,7-8,10-13H2. The van der Waals surface area contributed by atoms with Gasteiger partial charge in [0.2, 0.25) is 0 Å². The van der Waals surface area contributed by atoms with Crippen molar-refractivity contribution in [3.8, 4) is 5.75 Å². The number of phenolic OH excluding ortho intramolecular Hbond substituents is 1. The number of nitrogens with zero attached hydrogens (tertiary/aromatic N) is 5. The van der Waals surface area contributed by atoms with Gasteiger partial charge in [-0.3, -0.25) is 4.90 Å². The summed E-state index contributed by atoms with van der Waals surface area (Å²) in [4.78, 5) is 2.46. The molecule has 6 nitrogen and oxygen atoms in total. The Hall–Kier alpha value is -1.95. The topological polar surface area (TPSA) is 67.1 Å². The number of benzene rings is 1. The van der Waals surface area contributed by atoms with Crippen molar-refractivity contribution in [3.63, 3.8) is 0 Å². The predicted octanol–water partition coefficient (Wildman–Crippen LogP) is 3.05. The lowest BCUT2D eigenvalue weighted by molar-refractivity contribution is 0.133. The average Bonchev–Trinajstić information content (AvgIpc) is 3.36. The summed E-state index contributed by atoms with van der Waals surface area (Å²) in [6, 6.07) is 8.67. The summed E-state index contributed by atoms with van der Waals surface area (Å²) in [5.74, 6) is 1.33. The molecule has 1 N–H and O–H groups in total. The van der Waals surface area contributed by atoms with Crippen molar-refractivity contribution < 1.29 is 5.11 Å². The second kappa shape index (κ2) is 6.89. The van der Waals surface area contributed by atoms with E-state index in [0.717, 1.165) is 24.5 Å². The van der Waals surface area contributed by atoms with Crippen molar-refractivity contribution in [1.29, 1.82) is 0 Å². The summed E-state index contributed by atoms with van der Waals surface area (Å²) in [6.07, 6.45) is 8.71. The van der Waals surface area contributed by atoms with Crippen molar-refractivity contribution in [2.24, 2.45) is 0 Å². The maximum atomic E-state index is 10.2. The first-order chi connectivity index (χ1) is 11.8. The van der Waals surface area contributed by atoms with Crippen molar-refractivity contribution in [2.45, 2.75) is 70.1 Å².